The summed E-state index contributed by atoms with van der Waals surface area (Å²) in [4.78, 5) is 0. The molecular formula is C22H29NO. The van der Waals surface area contributed by atoms with Crippen molar-refractivity contribution in [1.82, 2.24) is 5.32 Å². The largest absolute Gasteiger partial charge is 0.493 e. The Hall–Kier alpha value is -1.80. The van der Waals surface area contributed by atoms with E-state index in [0.717, 1.165) is 38.3 Å². The van der Waals surface area contributed by atoms with Gasteiger partial charge in [0, 0.05) is 12.5 Å². The molecule has 0 aromatic heterocycles. The lowest BCUT2D eigenvalue weighted by Crippen LogP contribution is -2.33. The quantitative estimate of drug-likeness (QED) is 0.715. The highest BCUT2D eigenvalue weighted by Crippen LogP contribution is 2.22. The minimum Gasteiger partial charge on any atom is -0.493 e. The number of rotatable bonds is 8. The summed E-state index contributed by atoms with van der Waals surface area (Å²) < 4.78 is 6.15. The van der Waals surface area contributed by atoms with E-state index in [9.17, 15) is 0 Å². The van der Waals surface area contributed by atoms with Crippen molar-refractivity contribution in [2.45, 2.75) is 38.5 Å². The van der Waals surface area contributed by atoms with Gasteiger partial charge in [0.05, 0.1) is 6.61 Å². The van der Waals surface area contributed by atoms with Crippen molar-refractivity contribution in [3.8, 4) is 5.75 Å². The lowest BCUT2D eigenvalue weighted by atomic mass is 10.0. The molecule has 0 radical (unpaired) electrons. The second-order valence-corrected chi connectivity index (χ2v) is 6.82. The van der Waals surface area contributed by atoms with Crippen molar-refractivity contribution in [3.63, 3.8) is 0 Å². The second-order valence-electron chi connectivity index (χ2n) is 6.82. The Bertz CT molecular complexity index is 590. The molecule has 0 saturated carbocycles. The van der Waals surface area contributed by atoms with E-state index >= 15 is 0 Å². The monoisotopic (exact) mass is 323 g/mol. The zero-order chi connectivity index (χ0) is 16.5. The standard InChI is InChI=1S/C22H29NO/c1-2-9-19(10-3-1)11-4-5-13-21-14-6-7-15-22(21)24-18-20-12-8-16-23-17-20/h1-3,6-7,9-10,14-15,20,23H,4-5,8,11-13,16-18H2. The van der Waals surface area contributed by atoms with Gasteiger partial charge >= 0.3 is 0 Å². The van der Waals surface area contributed by atoms with Gasteiger partial charge in [-0.3, -0.25) is 0 Å². The lowest BCUT2D eigenvalue weighted by molar-refractivity contribution is 0.217. The first-order valence-corrected chi connectivity index (χ1v) is 9.37. The molecule has 1 atom stereocenters. The molecule has 1 fully saturated rings. The number of piperidine rings is 1. The predicted octanol–water partition coefficient (Wildman–Crippen LogP) is 4.63. The molecular weight excluding hydrogens is 294 g/mol. The maximum atomic E-state index is 6.15. The Morgan fingerprint density at radius 2 is 1.71 bits per heavy atom. The van der Waals surface area contributed by atoms with Gasteiger partial charge in [0.2, 0.25) is 0 Å². The van der Waals surface area contributed by atoms with E-state index in [0.29, 0.717) is 5.92 Å². The van der Waals surface area contributed by atoms with Gasteiger partial charge in [0.1, 0.15) is 5.75 Å². The fraction of sp³-hybridized carbons (Fsp3) is 0.455. The van der Waals surface area contributed by atoms with Crippen molar-refractivity contribution in [1.29, 1.82) is 0 Å². The molecule has 1 aliphatic heterocycles. The number of hydrogen-bond acceptors (Lipinski definition) is 2. The van der Waals surface area contributed by atoms with Crippen LogP contribution in [0.5, 0.6) is 5.75 Å². The van der Waals surface area contributed by atoms with E-state index in [-0.39, 0.29) is 0 Å². The van der Waals surface area contributed by atoms with Crippen molar-refractivity contribution < 1.29 is 4.74 Å². The molecule has 1 saturated heterocycles. The molecule has 0 amide bonds. The first-order chi connectivity index (χ1) is 11.9. The van der Waals surface area contributed by atoms with Gasteiger partial charge in [-0.1, -0.05) is 48.5 Å². The van der Waals surface area contributed by atoms with Crippen molar-refractivity contribution >= 4 is 0 Å². The maximum absolute atomic E-state index is 6.15. The average molecular weight is 323 g/mol. The van der Waals surface area contributed by atoms with Gasteiger partial charge < -0.3 is 10.1 Å². The highest BCUT2D eigenvalue weighted by molar-refractivity contribution is 5.33. The summed E-state index contributed by atoms with van der Waals surface area (Å²) in [6.45, 7) is 3.10. The van der Waals surface area contributed by atoms with E-state index in [2.05, 4.69) is 59.9 Å². The van der Waals surface area contributed by atoms with Crippen LogP contribution in [-0.2, 0) is 12.8 Å². The zero-order valence-electron chi connectivity index (χ0n) is 14.5. The summed E-state index contributed by atoms with van der Waals surface area (Å²) in [5, 5.41) is 3.46. The fourth-order valence-electron chi connectivity index (χ4n) is 3.41. The van der Waals surface area contributed by atoms with Gasteiger partial charge in [-0.05, 0) is 62.3 Å². The number of unbranched alkanes of at least 4 members (excludes halogenated alkanes) is 1. The maximum Gasteiger partial charge on any atom is 0.122 e. The highest BCUT2D eigenvalue weighted by Gasteiger charge is 2.14. The van der Waals surface area contributed by atoms with Crippen molar-refractivity contribution in [2.75, 3.05) is 19.7 Å². The number of ether oxygens (including phenoxy) is 1. The molecule has 2 aromatic carbocycles. The molecule has 2 aromatic rings. The van der Waals surface area contributed by atoms with Gasteiger partial charge in [0.25, 0.3) is 0 Å². The van der Waals surface area contributed by atoms with Gasteiger partial charge in [-0.2, -0.15) is 0 Å². The van der Waals surface area contributed by atoms with Crippen LogP contribution in [0.4, 0.5) is 0 Å². The first-order valence-electron chi connectivity index (χ1n) is 9.37. The van der Waals surface area contributed by atoms with Crippen LogP contribution in [0.2, 0.25) is 0 Å². The summed E-state index contributed by atoms with van der Waals surface area (Å²) in [6.07, 6.45) is 7.26. The number of para-hydroxylation sites is 1. The summed E-state index contributed by atoms with van der Waals surface area (Å²) in [5.41, 5.74) is 2.79. The topological polar surface area (TPSA) is 21.3 Å². The van der Waals surface area contributed by atoms with Gasteiger partial charge in [-0.15, -0.1) is 0 Å². The molecule has 2 nitrogen and oxygen atoms in total. The third-order valence-corrected chi connectivity index (χ3v) is 4.85. The number of nitrogens with one attached hydrogen (secondary N) is 1. The van der Waals surface area contributed by atoms with Crippen LogP contribution in [0.25, 0.3) is 0 Å². The minimum atomic E-state index is 0.657. The van der Waals surface area contributed by atoms with Crippen LogP contribution >= 0.6 is 0 Å². The van der Waals surface area contributed by atoms with Crippen LogP contribution in [0.3, 0.4) is 0 Å². The lowest BCUT2D eigenvalue weighted by Gasteiger charge is -2.23. The molecule has 1 aliphatic rings. The van der Waals surface area contributed by atoms with Gasteiger partial charge in [0.15, 0.2) is 0 Å². The number of hydrogen-bond donors (Lipinski definition) is 1. The van der Waals surface area contributed by atoms with E-state index in [1.165, 1.54) is 36.8 Å². The van der Waals surface area contributed by atoms with Crippen LogP contribution in [0, 0.1) is 5.92 Å². The number of benzene rings is 2. The third kappa shape index (κ3) is 5.38. The Morgan fingerprint density at radius 3 is 2.54 bits per heavy atom. The third-order valence-electron chi connectivity index (χ3n) is 4.85. The summed E-state index contributed by atoms with van der Waals surface area (Å²) in [7, 11) is 0. The van der Waals surface area contributed by atoms with E-state index < -0.39 is 0 Å². The molecule has 1 heterocycles. The van der Waals surface area contributed by atoms with Crippen LogP contribution in [0.1, 0.15) is 36.8 Å². The van der Waals surface area contributed by atoms with Crippen molar-refractivity contribution in [3.05, 3.63) is 65.7 Å². The summed E-state index contributed by atoms with van der Waals surface area (Å²) >= 11 is 0. The normalized spacial score (nSPS) is 17.6. The molecule has 0 bridgehead atoms. The Morgan fingerprint density at radius 1 is 0.917 bits per heavy atom. The van der Waals surface area contributed by atoms with Crippen molar-refractivity contribution in [2.24, 2.45) is 5.92 Å². The molecule has 3 rings (SSSR count). The van der Waals surface area contributed by atoms with Crippen LogP contribution < -0.4 is 10.1 Å². The molecule has 0 spiro atoms. The van der Waals surface area contributed by atoms with Gasteiger partial charge in [-0.25, -0.2) is 0 Å². The van der Waals surface area contributed by atoms with E-state index in [1.54, 1.807) is 0 Å². The second kappa shape index (κ2) is 9.48. The van der Waals surface area contributed by atoms with Crippen LogP contribution in [-0.4, -0.2) is 19.7 Å². The molecule has 1 unspecified atom stereocenters. The molecule has 24 heavy (non-hydrogen) atoms. The SMILES string of the molecule is c1ccc(CCCCc2ccccc2OCC2CCCNC2)cc1. The van der Waals surface area contributed by atoms with Crippen LogP contribution in [0.15, 0.2) is 54.6 Å². The summed E-state index contributed by atoms with van der Waals surface area (Å²) in [5.74, 6) is 1.74. The molecule has 0 aliphatic carbocycles. The summed E-state index contributed by atoms with van der Waals surface area (Å²) in [6, 6.07) is 19.3. The average Bonchev–Trinajstić information content (AvgIpc) is 2.66. The van der Waals surface area contributed by atoms with E-state index in [1.807, 2.05) is 0 Å². The minimum absolute atomic E-state index is 0.657. The highest BCUT2D eigenvalue weighted by atomic mass is 16.5. The first kappa shape index (κ1) is 17.0. The van der Waals surface area contributed by atoms with E-state index in [4.69, 9.17) is 4.74 Å². The number of aryl methyl sites for hydroxylation is 2. The predicted molar refractivity (Wildman–Crippen MR) is 101 cm³/mol. The molecule has 128 valence electrons. The zero-order valence-corrected chi connectivity index (χ0v) is 14.5. The molecule has 1 N–H and O–H groups in total. The Labute approximate surface area is 146 Å². The fourth-order valence-corrected chi connectivity index (χ4v) is 3.41. The smallest absolute Gasteiger partial charge is 0.122 e. The molecule has 2 heteroatoms. The Kier molecular flexibility index (Phi) is 6.73. The Balaban J connectivity index is 1.44.